The summed E-state index contributed by atoms with van der Waals surface area (Å²) in [6.45, 7) is 1.73. The van der Waals surface area contributed by atoms with Gasteiger partial charge in [-0.1, -0.05) is 23.7 Å². The zero-order valence-electron chi connectivity index (χ0n) is 11.2. The van der Waals surface area contributed by atoms with Gasteiger partial charge in [0.15, 0.2) is 0 Å². The second-order valence-corrected chi connectivity index (χ2v) is 5.13. The number of fused-ring (bicyclic) bond motifs is 1. The SMILES string of the molecule is Cc1cc(-c2nc3c(CO)cccn3c2N=O)ccc1Cl. The first-order valence-electron chi connectivity index (χ1n) is 6.36. The summed E-state index contributed by atoms with van der Waals surface area (Å²) < 4.78 is 1.58. The highest BCUT2D eigenvalue weighted by atomic mass is 35.5. The van der Waals surface area contributed by atoms with Crippen molar-refractivity contribution < 1.29 is 5.11 Å². The van der Waals surface area contributed by atoms with Gasteiger partial charge in [0.05, 0.1) is 6.61 Å². The lowest BCUT2D eigenvalue weighted by Gasteiger charge is -2.01. The van der Waals surface area contributed by atoms with Gasteiger partial charge in [-0.25, -0.2) is 4.98 Å². The van der Waals surface area contributed by atoms with Crippen molar-refractivity contribution in [1.82, 2.24) is 9.38 Å². The average Bonchev–Trinajstić information content (AvgIpc) is 2.88. The monoisotopic (exact) mass is 301 g/mol. The molecule has 0 bridgehead atoms. The van der Waals surface area contributed by atoms with Gasteiger partial charge < -0.3 is 5.11 Å². The van der Waals surface area contributed by atoms with Crippen molar-refractivity contribution in [2.24, 2.45) is 5.18 Å². The average molecular weight is 302 g/mol. The van der Waals surface area contributed by atoms with Crippen LogP contribution < -0.4 is 0 Å². The summed E-state index contributed by atoms with van der Waals surface area (Å²) in [7, 11) is 0. The standard InChI is InChI=1S/C15H12ClN3O2/c1-9-7-10(4-5-12(9)16)13-15(18-21)19-6-2-3-11(8-20)14(19)17-13/h2-7,20H,8H2,1H3. The first-order chi connectivity index (χ1) is 10.2. The Morgan fingerprint density at radius 2 is 2.19 bits per heavy atom. The number of rotatable bonds is 3. The van der Waals surface area contributed by atoms with Crippen LogP contribution in [0.2, 0.25) is 5.02 Å². The van der Waals surface area contributed by atoms with Gasteiger partial charge in [-0.2, -0.15) is 0 Å². The normalized spacial score (nSPS) is 11.0. The van der Waals surface area contributed by atoms with E-state index in [1.54, 1.807) is 34.9 Å². The smallest absolute Gasteiger partial charge is 0.209 e. The van der Waals surface area contributed by atoms with Crippen LogP contribution >= 0.6 is 11.6 Å². The molecule has 0 fully saturated rings. The molecule has 106 valence electrons. The zero-order valence-corrected chi connectivity index (χ0v) is 12.0. The van der Waals surface area contributed by atoms with Gasteiger partial charge in [-0.15, -0.1) is 4.91 Å². The molecular formula is C15H12ClN3O2. The molecule has 3 rings (SSSR count). The Morgan fingerprint density at radius 3 is 2.86 bits per heavy atom. The number of pyridine rings is 1. The van der Waals surface area contributed by atoms with E-state index in [-0.39, 0.29) is 12.4 Å². The summed E-state index contributed by atoms with van der Waals surface area (Å²) in [6.07, 6.45) is 1.70. The lowest BCUT2D eigenvalue weighted by Crippen LogP contribution is -1.90. The fourth-order valence-corrected chi connectivity index (χ4v) is 2.43. The second-order valence-electron chi connectivity index (χ2n) is 4.72. The van der Waals surface area contributed by atoms with E-state index in [1.165, 1.54) is 0 Å². The fraction of sp³-hybridized carbons (Fsp3) is 0.133. The molecule has 0 atom stereocenters. The Hall–Kier alpha value is -2.24. The van der Waals surface area contributed by atoms with Crippen LogP contribution in [0, 0.1) is 11.8 Å². The Bertz CT molecular complexity index is 842. The second kappa shape index (κ2) is 5.27. The first-order valence-corrected chi connectivity index (χ1v) is 6.74. The molecule has 1 N–H and O–H groups in total. The van der Waals surface area contributed by atoms with E-state index >= 15 is 0 Å². The molecule has 2 heterocycles. The molecule has 0 aliphatic heterocycles. The molecule has 0 saturated heterocycles. The van der Waals surface area contributed by atoms with Crippen molar-refractivity contribution in [2.45, 2.75) is 13.5 Å². The van der Waals surface area contributed by atoms with E-state index in [9.17, 15) is 10.0 Å². The molecular weight excluding hydrogens is 290 g/mol. The van der Waals surface area contributed by atoms with Crippen LogP contribution in [0.4, 0.5) is 5.82 Å². The Kier molecular flexibility index (Phi) is 3.45. The van der Waals surface area contributed by atoms with Gasteiger partial charge >= 0.3 is 0 Å². The molecule has 0 amide bonds. The number of imidazole rings is 1. The molecule has 0 spiro atoms. The number of halogens is 1. The van der Waals surface area contributed by atoms with Crippen molar-refractivity contribution in [3.8, 4) is 11.3 Å². The minimum absolute atomic E-state index is 0.154. The highest BCUT2D eigenvalue weighted by Gasteiger charge is 2.17. The lowest BCUT2D eigenvalue weighted by atomic mass is 10.1. The van der Waals surface area contributed by atoms with Gasteiger partial charge in [0.2, 0.25) is 5.82 Å². The number of nitrogens with zero attached hydrogens (tertiary/aromatic N) is 3. The van der Waals surface area contributed by atoms with Crippen molar-refractivity contribution >= 4 is 23.1 Å². The highest BCUT2D eigenvalue weighted by molar-refractivity contribution is 6.31. The maximum atomic E-state index is 11.2. The lowest BCUT2D eigenvalue weighted by molar-refractivity contribution is 0.282. The number of nitroso groups, excluding NO2 is 1. The quantitative estimate of drug-likeness (QED) is 0.747. The number of aliphatic hydroxyl groups is 1. The number of benzene rings is 1. The Balaban J connectivity index is 2.31. The summed E-state index contributed by atoms with van der Waals surface area (Å²) >= 11 is 6.02. The zero-order chi connectivity index (χ0) is 15.0. The predicted octanol–water partition coefficient (Wildman–Crippen LogP) is 3.85. The first kappa shape index (κ1) is 13.7. The van der Waals surface area contributed by atoms with Crippen molar-refractivity contribution in [3.63, 3.8) is 0 Å². The summed E-state index contributed by atoms with van der Waals surface area (Å²) in [5, 5.41) is 13.1. The molecule has 3 aromatic rings. The van der Waals surface area contributed by atoms with Crippen LogP contribution in [-0.2, 0) is 6.61 Å². The fourth-order valence-electron chi connectivity index (χ4n) is 2.31. The summed E-state index contributed by atoms with van der Waals surface area (Å²) in [4.78, 5) is 15.7. The van der Waals surface area contributed by atoms with Gasteiger partial charge in [0.1, 0.15) is 11.3 Å². The number of aryl methyl sites for hydroxylation is 1. The molecule has 2 aromatic heterocycles. The van der Waals surface area contributed by atoms with Gasteiger partial charge in [0, 0.05) is 22.3 Å². The van der Waals surface area contributed by atoms with E-state index in [0.717, 1.165) is 11.1 Å². The van der Waals surface area contributed by atoms with E-state index in [4.69, 9.17) is 11.6 Å². The number of hydrogen-bond acceptors (Lipinski definition) is 4. The molecule has 0 unspecified atom stereocenters. The van der Waals surface area contributed by atoms with Crippen molar-refractivity contribution in [2.75, 3.05) is 0 Å². The number of aliphatic hydroxyl groups excluding tert-OH is 1. The maximum Gasteiger partial charge on any atom is 0.209 e. The van der Waals surface area contributed by atoms with Gasteiger partial charge in [-0.3, -0.25) is 4.40 Å². The Morgan fingerprint density at radius 1 is 1.38 bits per heavy atom. The van der Waals surface area contributed by atoms with Crippen LogP contribution in [-0.4, -0.2) is 14.5 Å². The molecule has 21 heavy (non-hydrogen) atoms. The topological polar surface area (TPSA) is 67.0 Å². The molecule has 1 aromatic carbocycles. The molecule has 5 nitrogen and oxygen atoms in total. The summed E-state index contributed by atoms with van der Waals surface area (Å²) in [5.41, 5.74) is 3.30. The molecule has 6 heteroatoms. The van der Waals surface area contributed by atoms with E-state index in [0.29, 0.717) is 21.9 Å². The molecule has 0 saturated carbocycles. The molecule has 0 aliphatic carbocycles. The largest absolute Gasteiger partial charge is 0.392 e. The van der Waals surface area contributed by atoms with Gasteiger partial charge in [-0.05, 0) is 35.9 Å². The third-order valence-electron chi connectivity index (χ3n) is 3.39. The highest BCUT2D eigenvalue weighted by Crippen LogP contribution is 2.33. The van der Waals surface area contributed by atoms with E-state index in [1.807, 2.05) is 13.0 Å². The third kappa shape index (κ3) is 2.20. The molecule has 0 aliphatic rings. The predicted molar refractivity (Wildman–Crippen MR) is 81.8 cm³/mol. The minimum Gasteiger partial charge on any atom is -0.392 e. The summed E-state index contributed by atoms with van der Waals surface area (Å²) in [6, 6.07) is 8.92. The van der Waals surface area contributed by atoms with Gasteiger partial charge in [0.25, 0.3) is 0 Å². The van der Waals surface area contributed by atoms with Crippen LogP contribution in [0.5, 0.6) is 0 Å². The van der Waals surface area contributed by atoms with Crippen LogP contribution in [0.25, 0.3) is 16.9 Å². The maximum absolute atomic E-state index is 11.2. The number of aromatic nitrogens is 2. The van der Waals surface area contributed by atoms with Crippen LogP contribution in [0.15, 0.2) is 41.7 Å². The molecule has 0 radical (unpaired) electrons. The third-order valence-corrected chi connectivity index (χ3v) is 3.82. The number of hydrogen-bond donors (Lipinski definition) is 1. The van der Waals surface area contributed by atoms with Crippen LogP contribution in [0.1, 0.15) is 11.1 Å². The Labute approximate surface area is 125 Å². The van der Waals surface area contributed by atoms with Crippen LogP contribution in [0.3, 0.4) is 0 Å². The van der Waals surface area contributed by atoms with E-state index in [2.05, 4.69) is 10.2 Å². The summed E-state index contributed by atoms with van der Waals surface area (Å²) in [5.74, 6) is 0.210. The van der Waals surface area contributed by atoms with E-state index < -0.39 is 0 Å². The minimum atomic E-state index is -0.154. The van der Waals surface area contributed by atoms with Crippen molar-refractivity contribution in [3.05, 3.63) is 57.6 Å². The van der Waals surface area contributed by atoms with Crippen molar-refractivity contribution in [1.29, 1.82) is 0 Å².